The van der Waals surface area contributed by atoms with E-state index in [-0.39, 0.29) is 38.8 Å². The summed E-state index contributed by atoms with van der Waals surface area (Å²) >= 11 is 0. The Morgan fingerprint density at radius 2 is 0.950 bits per heavy atom. The second kappa shape index (κ2) is 16.5. The zero-order valence-electron chi connectivity index (χ0n) is 22.5. The summed E-state index contributed by atoms with van der Waals surface area (Å²) in [7, 11) is 0. The van der Waals surface area contributed by atoms with Crippen LogP contribution in [0.1, 0.15) is 22.3 Å². The van der Waals surface area contributed by atoms with Gasteiger partial charge in [-0.3, -0.25) is 4.79 Å². The van der Waals surface area contributed by atoms with E-state index in [9.17, 15) is 9.90 Å². The van der Waals surface area contributed by atoms with Crippen LogP contribution >= 0.6 is 0 Å². The molecule has 4 aromatic carbocycles. The maximum Gasteiger partial charge on any atom is 0.189 e. The summed E-state index contributed by atoms with van der Waals surface area (Å²) in [5, 5.41) is 10.4. The van der Waals surface area contributed by atoms with Crippen molar-refractivity contribution in [3.8, 4) is 0 Å². The van der Waals surface area contributed by atoms with Gasteiger partial charge in [0.15, 0.2) is 5.78 Å². The lowest BCUT2D eigenvalue weighted by Gasteiger charge is -2.32. The number of Topliss-reactive ketones (excluding diaryl/α,β-unsaturated/α-hetero) is 1. The number of aliphatic hydroxyl groups is 1. The molecule has 4 aromatic rings. The number of carbonyl (C=O) groups excluding carboxylic acids is 1. The molecule has 0 amide bonds. The molecule has 1 N–H and O–H groups in total. The van der Waals surface area contributed by atoms with Crippen LogP contribution in [0.2, 0.25) is 0 Å². The number of carbonyl (C=O) groups is 1. The third-order valence-electron chi connectivity index (χ3n) is 6.38. The number of ketones is 1. The third-order valence-corrected chi connectivity index (χ3v) is 6.38. The average Bonchev–Trinajstić information content (AvgIpc) is 3.01. The highest BCUT2D eigenvalue weighted by molar-refractivity contribution is 5.85. The summed E-state index contributed by atoms with van der Waals surface area (Å²) in [6.45, 7) is 0.437. The fourth-order valence-electron chi connectivity index (χ4n) is 4.24. The summed E-state index contributed by atoms with van der Waals surface area (Å²) < 4.78 is 24.5. The van der Waals surface area contributed by atoms with Crippen LogP contribution in [0.15, 0.2) is 121 Å². The van der Waals surface area contributed by atoms with Gasteiger partial charge < -0.3 is 24.1 Å². The molecule has 40 heavy (non-hydrogen) atoms. The number of ether oxygens (including phenoxy) is 4. The Balaban J connectivity index is 1.53. The minimum Gasteiger partial charge on any atom is -0.394 e. The number of rotatable bonds is 17. The van der Waals surface area contributed by atoms with Crippen molar-refractivity contribution >= 4 is 5.78 Å². The standard InChI is InChI=1S/C34H36O6/c35-21-32(38-23-28-15-7-2-8-16-28)34(40-25-30-19-11-4-12-20-30)33(39-24-29-17-9-3-10-18-29)31(36)26-37-22-27-13-5-1-6-14-27/h1-20,32-35H,21-26H2/t32-,33+,34+/m0/s1. The maximum absolute atomic E-state index is 13.6. The minimum absolute atomic E-state index is 0.170. The molecule has 0 aliphatic heterocycles. The molecule has 0 heterocycles. The van der Waals surface area contributed by atoms with Crippen molar-refractivity contribution in [3.63, 3.8) is 0 Å². The highest BCUT2D eigenvalue weighted by Gasteiger charge is 2.37. The van der Waals surface area contributed by atoms with E-state index in [1.54, 1.807) is 0 Å². The summed E-state index contributed by atoms with van der Waals surface area (Å²) in [6.07, 6.45) is -2.74. The molecule has 0 radical (unpaired) electrons. The smallest absolute Gasteiger partial charge is 0.189 e. The van der Waals surface area contributed by atoms with Gasteiger partial charge in [0.1, 0.15) is 24.9 Å². The van der Waals surface area contributed by atoms with Crippen LogP contribution in [0.25, 0.3) is 0 Å². The topological polar surface area (TPSA) is 74.2 Å². The lowest BCUT2D eigenvalue weighted by atomic mass is 10.0. The van der Waals surface area contributed by atoms with Gasteiger partial charge in [0.2, 0.25) is 0 Å². The molecule has 0 fully saturated rings. The predicted molar refractivity (Wildman–Crippen MR) is 153 cm³/mol. The molecular formula is C34H36O6. The second-order valence-corrected chi connectivity index (χ2v) is 9.44. The molecule has 0 aliphatic rings. The van der Waals surface area contributed by atoms with Crippen LogP contribution in [0.5, 0.6) is 0 Å². The Bertz CT molecular complexity index is 1230. The molecule has 6 nitrogen and oxygen atoms in total. The van der Waals surface area contributed by atoms with Crippen LogP contribution < -0.4 is 0 Å². The average molecular weight is 541 g/mol. The molecule has 0 unspecified atom stereocenters. The molecule has 4 rings (SSSR count). The minimum atomic E-state index is -1.03. The second-order valence-electron chi connectivity index (χ2n) is 9.44. The zero-order chi connectivity index (χ0) is 27.8. The Morgan fingerprint density at radius 3 is 1.40 bits per heavy atom. The van der Waals surface area contributed by atoms with E-state index in [0.29, 0.717) is 6.61 Å². The van der Waals surface area contributed by atoms with Crippen molar-refractivity contribution in [1.82, 2.24) is 0 Å². The van der Waals surface area contributed by atoms with Gasteiger partial charge in [0.05, 0.1) is 33.0 Å². The van der Waals surface area contributed by atoms with Crippen LogP contribution in [0, 0.1) is 0 Å². The monoisotopic (exact) mass is 540 g/mol. The van der Waals surface area contributed by atoms with Crippen LogP contribution in [0.4, 0.5) is 0 Å². The maximum atomic E-state index is 13.6. The lowest BCUT2D eigenvalue weighted by molar-refractivity contribution is -0.175. The molecule has 0 saturated heterocycles. The molecule has 0 spiro atoms. The summed E-state index contributed by atoms with van der Waals surface area (Å²) in [5.74, 6) is -0.285. The van der Waals surface area contributed by atoms with Gasteiger partial charge in [0, 0.05) is 0 Å². The highest BCUT2D eigenvalue weighted by Crippen LogP contribution is 2.20. The van der Waals surface area contributed by atoms with E-state index in [4.69, 9.17) is 18.9 Å². The van der Waals surface area contributed by atoms with Gasteiger partial charge in [-0.2, -0.15) is 0 Å². The predicted octanol–water partition coefficient (Wildman–Crippen LogP) is 5.52. The Kier molecular flexibility index (Phi) is 12.1. The van der Waals surface area contributed by atoms with Crippen LogP contribution in [-0.4, -0.2) is 42.4 Å². The van der Waals surface area contributed by atoms with Gasteiger partial charge in [0.25, 0.3) is 0 Å². The number of hydrogen-bond donors (Lipinski definition) is 1. The fraction of sp³-hybridized carbons (Fsp3) is 0.265. The molecule has 6 heteroatoms. The number of aliphatic hydroxyl groups excluding tert-OH is 1. The normalized spacial score (nSPS) is 13.4. The fourth-order valence-corrected chi connectivity index (χ4v) is 4.24. The first-order valence-corrected chi connectivity index (χ1v) is 13.4. The van der Waals surface area contributed by atoms with Gasteiger partial charge in [-0.1, -0.05) is 121 Å². The number of benzene rings is 4. The first kappa shape index (κ1) is 29.3. The van der Waals surface area contributed by atoms with E-state index >= 15 is 0 Å². The largest absolute Gasteiger partial charge is 0.394 e. The first-order valence-electron chi connectivity index (χ1n) is 13.4. The van der Waals surface area contributed by atoms with Gasteiger partial charge in [-0.15, -0.1) is 0 Å². The molecule has 0 bridgehead atoms. The van der Waals surface area contributed by atoms with Crippen LogP contribution in [0.3, 0.4) is 0 Å². The van der Waals surface area contributed by atoms with Crippen LogP contribution in [-0.2, 0) is 50.2 Å². The molecule has 208 valence electrons. The molecule has 3 atom stereocenters. The zero-order valence-corrected chi connectivity index (χ0v) is 22.5. The van der Waals surface area contributed by atoms with Crippen molar-refractivity contribution in [1.29, 1.82) is 0 Å². The first-order chi connectivity index (χ1) is 19.7. The van der Waals surface area contributed by atoms with E-state index in [1.807, 2.05) is 121 Å². The molecule has 0 saturated carbocycles. The molecule has 0 aliphatic carbocycles. The molecular weight excluding hydrogens is 504 g/mol. The third kappa shape index (κ3) is 9.52. The van der Waals surface area contributed by atoms with E-state index in [2.05, 4.69) is 0 Å². The van der Waals surface area contributed by atoms with E-state index in [0.717, 1.165) is 22.3 Å². The van der Waals surface area contributed by atoms with Gasteiger partial charge >= 0.3 is 0 Å². The summed E-state index contributed by atoms with van der Waals surface area (Å²) in [4.78, 5) is 13.6. The Labute approximate surface area is 236 Å². The number of hydrogen-bond acceptors (Lipinski definition) is 6. The highest BCUT2D eigenvalue weighted by atomic mass is 16.6. The van der Waals surface area contributed by atoms with Gasteiger partial charge in [-0.25, -0.2) is 0 Å². The van der Waals surface area contributed by atoms with E-state index in [1.165, 1.54) is 0 Å². The lowest BCUT2D eigenvalue weighted by Crippen LogP contribution is -2.49. The van der Waals surface area contributed by atoms with Crippen molar-refractivity contribution < 1.29 is 28.8 Å². The van der Waals surface area contributed by atoms with Crippen molar-refractivity contribution in [2.24, 2.45) is 0 Å². The summed E-state index contributed by atoms with van der Waals surface area (Å²) in [6, 6.07) is 38.6. The quantitative estimate of drug-likeness (QED) is 0.190. The van der Waals surface area contributed by atoms with Crippen molar-refractivity contribution in [2.45, 2.75) is 44.7 Å². The van der Waals surface area contributed by atoms with Crippen molar-refractivity contribution in [3.05, 3.63) is 144 Å². The SMILES string of the molecule is O=C(COCc1ccccc1)[C@@H](OCc1ccccc1)[C@H](OCc1ccccc1)[C@H](CO)OCc1ccccc1. The Hall–Kier alpha value is -3.65. The molecule has 0 aromatic heterocycles. The summed E-state index contributed by atoms with van der Waals surface area (Å²) in [5.41, 5.74) is 3.76. The van der Waals surface area contributed by atoms with E-state index < -0.39 is 18.3 Å². The van der Waals surface area contributed by atoms with Crippen molar-refractivity contribution in [2.75, 3.05) is 13.2 Å². The Morgan fingerprint density at radius 1 is 0.550 bits per heavy atom. The van der Waals surface area contributed by atoms with Gasteiger partial charge in [-0.05, 0) is 22.3 Å².